The summed E-state index contributed by atoms with van der Waals surface area (Å²) in [5.74, 6) is 5.88. The van der Waals surface area contributed by atoms with Crippen molar-refractivity contribution < 1.29 is 4.74 Å². The standard InChI is InChI=1S/C11H19N5O/c1-8-4-5-10(6-13-8)15-11(16-12)14-9(2)7-17-3/h4-6,9H,7,12H2,1-3H3,(H2,14,15,16). The van der Waals surface area contributed by atoms with Gasteiger partial charge in [-0.05, 0) is 26.0 Å². The molecule has 17 heavy (non-hydrogen) atoms. The first-order chi connectivity index (χ1) is 8.15. The number of nitrogens with zero attached hydrogens (tertiary/aromatic N) is 2. The van der Waals surface area contributed by atoms with Crippen LogP contribution in [0.3, 0.4) is 0 Å². The molecule has 0 aliphatic heterocycles. The fourth-order valence-corrected chi connectivity index (χ4v) is 1.28. The Labute approximate surface area is 101 Å². The number of nitrogens with two attached hydrogens (primary N) is 1. The van der Waals surface area contributed by atoms with E-state index in [9.17, 15) is 0 Å². The molecule has 94 valence electrons. The van der Waals surface area contributed by atoms with Gasteiger partial charge in [0.15, 0.2) is 0 Å². The highest BCUT2D eigenvalue weighted by Crippen LogP contribution is 2.05. The van der Waals surface area contributed by atoms with Crippen molar-refractivity contribution in [3.8, 4) is 0 Å². The molecule has 0 fully saturated rings. The van der Waals surface area contributed by atoms with E-state index in [1.807, 2.05) is 26.0 Å². The number of hydrogen-bond donors (Lipinski definition) is 3. The molecule has 0 bridgehead atoms. The van der Waals surface area contributed by atoms with Gasteiger partial charge in [-0.25, -0.2) is 10.8 Å². The SMILES string of the molecule is COCC(C)N=C(NN)Nc1ccc(C)nc1. The molecule has 0 aliphatic carbocycles. The highest BCUT2D eigenvalue weighted by Gasteiger charge is 2.02. The maximum atomic E-state index is 5.39. The molecule has 0 aromatic carbocycles. The minimum Gasteiger partial charge on any atom is -0.382 e. The molecule has 1 rings (SSSR count). The predicted octanol–water partition coefficient (Wildman–Crippen LogP) is 0.656. The Hall–Kier alpha value is -1.66. The van der Waals surface area contributed by atoms with Crippen molar-refractivity contribution >= 4 is 11.6 Å². The van der Waals surface area contributed by atoms with E-state index >= 15 is 0 Å². The van der Waals surface area contributed by atoms with Crippen molar-refractivity contribution in [1.29, 1.82) is 0 Å². The van der Waals surface area contributed by atoms with E-state index in [0.717, 1.165) is 11.4 Å². The van der Waals surface area contributed by atoms with Crippen LogP contribution in [-0.4, -0.2) is 30.7 Å². The molecule has 6 nitrogen and oxygen atoms in total. The van der Waals surface area contributed by atoms with Gasteiger partial charge in [-0.15, -0.1) is 0 Å². The van der Waals surface area contributed by atoms with Gasteiger partial charge in [0.2, 0.25) is 5.96 Å². The zero-order valence-corrected chi connectivity index (χ0v) is 10.4. The van der Waals surface area contributed by atoms with Crippen LogP contribution in [0.5, 0.6) is 0 Å². The molecule has 0 saturated heterocycles. The number of aromatic nitrogens is 1. The van der Waals surface area contributed by atoms with Gasteiger partial charge in [0.25, 0.3) is 0 Å². The number of ether oxygens (including phenoxy) is 1. The number of aryl methyl sites for hydroxylation is 1. The first kappa shape index (κ1) is 13.4. The minimum absolute atomic E-state index is 0.0250. The number of aliphatic imine (C=N–C) groups is 1. The van der Waals surface area contributed by atoms with Crippen LogP contribution in [0.15, 0.2) is 23.3 Å². The first-order valence-corrected chi connectivity index (χ1v) is 5.38. The molecule has 0 spiro atoms. The first-order valence-electron chi connectivity index (χ1n) is 5.38. The summed E-state index contributed by atoms with van der Waals surface area (Å²) in [6.07, 6.45) is 1.73. The van der Waals surface area contributed by atoms with Crippen molar-refractivity contribution in [1.82, 2.24) is 10.4 Å². The summed E-state index contributed by atoms with van der Waals surface area (Å²) in [5, 5.41) is 3.04. The predicted molar refractivity (Wildman–Crippen MR) is 68.7 cm³/mol. The van der Waals surface area contributed by atoms with Crippen LogP contribution < -0.4 is 16.6 Å². The van der Waals surface area contributed by atoms with Crippen LogP contribution in [-0.2, 0) is 4.74 Å². The van der Waals surface area contributed by atoms with Crippen LogP contribution in [0.2, 0.25) is 0 Å². The molecule has 0 amide bonds. The van der Waals surface area contributed by atoms with E-state index in [-0.39, 0.29) is 6.04 Å². The molecule has 0 saturated carbocycles. The Balaban J connectivity index is 2.66. The topological polar surface area (TPSA) is 84.6 Å². The van der Waals surface area contributed by atoms with E-state index in [0.29, 0.717) is 12.6 Å². The van der Waals surface area contributed by atoms with Gasteiger partial charge >= 0.3 is 0 Å². The van der Waals surface area contributed by atoms with Gasteiger partial charge in [0.1, 0.15) is 0 Å². The number of hydrazine groups is 1. The second kappa shape index (κ2) is 6.82. The summed E-state index contributed by atoms with van der Waals surface area (Å²) < 4.78 is 5.00. The quantitative estimate of drug-likeness (QED) is 0.310. The minimum atomic E-state index is 0.0250. The number of anilines is 1. The van der Waals surface area contributed by atoms with Crippen LogP contribution in [0, 0.1) is 6.92 Å². The van der Waals surface area contributed by atoms with E-state index in [1.165, 1.54) is 0 Å². The van der Waals surface area contributed by atoms with Gasteiger partial charge in [-0.3, -0.25) is 10.4 Å². The molecule has 1 heterocycles. The third-order valence-electron chi connectivity index (χ3n) is 2.07. The highest BCUT2D eigenvalue weighted by molar-refractivity contribution is 5.93. The summed E-state index contributed by atoms with van der Waals surface area (Å²) in [7, 11) is 1.64. The normalized spacial score (nSPS) is 13.3. The monoisotopic (exact) mass is 237 g/mol. The van der Waals surface area contributed by atoms with Gasteiger partial charge in [-0.2, -0.15) is 0 Å². The summed E-state index contributed by atoms with van der Waals surface area (Å²) in [4.78, 5) is 8.49. The zero-order chi connectivity index (χ0) is 12.7. The smallest absolute Gasteiger partial charge is 0.210 e. The Bertz CT molecular complexity index is 363. The largest absolute Gasteiger partial charge is 0.382 e. The average molecular weight is 237 g/mol. The fraction of sp³-hybridized carbons (Fsp3) is 0.455. The lowest BCUT2D eigenvalue weighted by Gasteiger charge is -2.11. The molecule has 0 radical (unpaired) electrons. The molecule has 6 heteroatoms. The van der Waals surface area contributed by atoms with Crippen LogP contribution >= 0.6 is 0 Å². The second-order valence-corrected chi connectivity index (χ2v) is 3.74. The molecule has 0 aliphatic rings. The lowest BCUT2D eigenvalue weighted by atomic mass is 10.3. The number of rotatable bonds is 4. The van der Waals surface area contributed by atoms with Crippen molar-refractivity contribution in [2.24, 2.45) is 10.8 Å². The third kappa shape index (κ3) is 4.80. The number of guanidine groups is 1. The van der Waals surface area contributed by atoms with Crippen molar-refractivity contribution in [3.63, 3.8) is 0 Å². The molecule has 1 unspecified atom stereocenters. The van der Waals surface area contributed by atoms with Crippen LogP contribution in [0.25, 0.3) is 0 Å². The molecule has 1 atom stereocenters. The van der Waals surface area contributed by atoms with Crippen molar-refractivity contribution in [2.75, 3.05) is 19.0 Å². The Morgan fingerprint density at radius 2 is 2.35 bits per heavy atom. The molecule has 4 N–H and O–H groups in total. The Morgan fingerprint density at radius 1 is 1.59 bits per heavy atom. The van der Waals surface area contributed by atoms with E-state index < -0.39 is 0 Å². The van der Waals surface area contributed by atoms with Crippen LogP contribution in [0.1, 0.15) is 12.6 Å². The van der Waals surface area contributed by atoms with Crippen molar-refractivity contribution in [2.45, 2.75) is 19.9 Å². The average Bonchev–Trinajstić information content (AvgIpc) is 2.31. The maximum Gasteiger partial charge on any atom is 0.210 e. The third-order valence-corrected chi connectivity index (χ3v) is 2.07. The number of pyridine rings is 1. The van der Waals surface area contributed by atoms with E-state index in [1.54, 1.807) is 13.3 Å². The Kier molecular flexibility index (Phi) is 5.38. The van der Waals surface area contributed by atoms with Gasteiger partial charge in [0.05, 0.1) is 24.5 Å². The van der Waals surface area contributed by atoms with Gasteiger partial charge < -0.3 is 10.1 Å². The second-order valence-electron chi connectivity index (χ2n) is 3.74. The van der Waals surface area contributed by atoms with Crippen LogP contribution in [0.4, 0.5) is 5.69 Å². The van der Waals surface area contributed by atoms with Crippen molar-refractivity contribution in [3.05, 3.63) is 24.0 Å². The zero-order valence-electron chi connectivity index (χ0n) is 10.4. The fourth-order valence-electron chi connectivity index (χ4n) is 1.28. The molecular formula is C11H19N5O. The summed E-state index contributed by atoms with van der Waals surface area (Å²) in [6.45, 7) is 4.41. The summed E-state index contributed by atoms with van der Waals surface area (Å²) in [6, 6.07) is 3.85. The Morgan fingerprint density at radius 3 is 2.88 bits per heavy atom. The van der Waals surface area contributed by atoms with E-state index in [2.05, 4.69) is 20.7 Å². The van der Waals surface area contributed by atoms with E-state index in [4.69, 9.17) is 10.6 Å². The number of methoxy groups -OCH3 is 1. The number of nitrogens with one attached hydrogen (secondary N) is 2. The molecular weight excluding hydrogens is 218 g/mol. The van der Waals surface area contributed by atoms with Gasteiger partial charge in [-0.1, -0.05) is 0 Å². The molecule has 1 aromatic rings. The highest BCUT2D eigenvalue weighted by atomic mass is 16.5. The lowest BCUT2D eigenvalue weighted by molar-refractivity contribution is 0.185. The lowest BCUT2D eigenvalue weighted by Crippen LogP contribution is -2.37. The molecule has 1 aromatic heterocycles. The number of hydrogen-bond acceptors (Lipinski definition) is 4. The van der Waals surface area contributed by atoms with Gasteiger partial charge in [0, 0.05) is 12.8 Å². The summed E-state index contributed by atoms with van der Waals surface area (Å²) >= 11 is 0. The summed E-state index contributed by atoms with van der Waals surface area (Å²) in [5.41, 5.74) is 4.30. The maximum absolute atomic E-state index is 5.39.